The molecule has 1 aliphatic rings. The zero-order chi connectivity index (χ0) is 17.6. The van der Waals surface area contributed by atoms with E-state index in [0.29, 0.717) is 19.0 Å². The number of likely N-dealkylation sites (tertiary alicyclic amines) is 1. The van der Waals surface area contributed by atoms with Crippen molar-refractivity contribution in [2.45, 2.75) is 45.6 Å². The van der Waals surface area contributed by atoms with E-state index in [0.717, 1.165) is 30.7 Å². The van der Waals surface area contributed by atoms with Crippen LogP contribution in [0.3, 0.4) is 0 Å². The number of ether oxygens (including phenoxy) is 1. The first-order valence-corrected chi connectivity index (χ1v) is 8.38. The number of nitrogens with zero attached hydrogens (tertiary/aromatic N) is 3. The van der Waals surface area contributed by atoms with Gasteiger partial charge < -0.3 is 14.5 Å². The second-order valence-corrected chi connectivity index (χ2v) is 7.05. The largest absolute Gasteiger partial charge is 0.444 e. The summed E-state index contributed by atoms with van der Waals surface area (Å²) in [4.78, 5) is 23.2. The van der Waals surface area contributed by atoms with Crippen molar-refractivity contribution in [3.63, 3.8) is 0 Å². The molecular formula is C18H27N3O3. The molecule has 0 bridgehead atoms. The fourth-order valence-electron chi connectivity index (χ4n) is 2.75. The summed E-state index contributed by atoms with van der Waals surface area (Å²) < 4.78 is 5.43. The van der Waals surface area contributed by atoms with E-state index in [2.05, 4.69) is 10.1 Å². The molecule has 2 rings (SSSR count). The van der Waals surface area contributed by atoms with Gasteiger partial charge in [0.2, 0.25) is 0 Å². The van der Waals surface area contributed by atoms with Crippen LogP contribution in [-0.2, 0) is 9.57 Å². The molecule has 6 heteroatoms. The van der Waals surface area contributed by atoms with Crippen LogP contribution in [0.5, 0.6) is 0 Å². The Labute approximate surface area is 143 Å². The smallest absolute Gasteiger partial charge is 0.410 e. The molecule has 1 saturated heterocycles. The molecule has 2 heterocycles. The third-order valence-electron chi connectivity index (χ3n) is 3.91. The average molecular weight is 333 g/mol. The molecule has 0 radical (unpaired) electrons. The van der Waals surface area contributed by atoms with Gasteiger partial charge in [0.1, 0.15) is 18.4 Å². The first kappa shape index (κ1) is 18.2. The van der Waals surface area contributed by atoms with Crippen LogP contribution in [0, 0.1) is 5.92 Å². The molecule has 0 atom stereocenters. The molecule has 0 N–H and O–H groups in total. The van der Waals surface area contributed by atoms with Gasteiger partial charge in [-0.2, -0.15) is 0 Å². The molecule has 24 heavy (non-hydrogen) atoms. The van der Waals surface area contributed by atoms with Crippen LogP contribution in [0.25, 0.3) is 0 Å². The van der Waals surface area contributed by atoms with Crippen LogP contribution >= 0.6 is 0 Å². The van der Waals surface area contributed by atoms with Gasteiger partial charge in [0.15, 0.2) is 0 Å². The van der Waals surface area contributed by atoms with Crippen molar-refractivity contribution in [3.8, 4) is 0 Å². The van der Waals surface area contributed by atoms with Crippen LogP contribution in [-0.4, -0.2) is 47.5 Å². The molecule has 0 spiro atoms. The van der Waals surface area contributed by atoms with Crippen LogP contribution < -0.4 is 0 Å². The molecular weight excluding hydrogens is 306 g/mol. The first-order valence-electron chi connectivity index (χ1n) is 8.38. The Bertz CT molecular complexity index is 559. The van der Waals surface area contributed by atoms with Gasteiger partial charge in [-0.25, -0.2) is 4.79 Å². The van der Waals surface area contributed by atoms with Crippen molar-refractivity contribution < 1.29 is 14.4 Å². The summed E-state index contributed by atoms with van der Waals surface area (Å²) in [5.41, 5.74) is 1.24. The highest BCUT2D eigenvalue weighted by Crippen LogP contribution is 2.24. The van der Waals surface area contributed by atoms with E-state index in [1.165, 1.54) is 0 Å². The van der Waals surface area contributed by atoms with Gasteiger partial charge in [0.25, 0.3) is 0 Å². The maximum atomic E-state index is 12.1. The van der Waals surface area contributed by atoms with Crippen LogP contribution in [0.2, 0.25) is 0 Å². The van der Waals surface area contributed by atoms with Crippen molar-refractivity contribution in [3.05, 3.63) is 30.1 Å². The lowest BCUT2D eigenvalue weighted by atomic mass is 9.90. The molecule has 1 aromatic rings. The van der Waals surface area contributed by atoms with E-state index >= 15 is 0 Å². The highest BCUT2D eigenvalue weighted by atomic mass is 16.6. The molecule has 1 aromatic heterocycles. The number of amides is 1. The molecule has 1 aliphatic heterocycles. The number of piperidine rings is 1. The number of oxime groups is 1. The zero-order valence-corrected chi connectivity index (χ0v) is 15.0. The monoisotopic (exact) mass is 333 g/mol. The Morgan fingerprint density at radius 2 is 2.04 bits per heavy atom. The lowest BCUT2D eigenvalue weighted by Gasteiger charge is -2.33. The van der Waals surface area contributed by atoms with E-state index in [9.17, 15) is 4.79 Å². The maximum absolute atomic E-state index is 12.1. The first-order chi connectivity index (χ1) is 11.4. The van der Waals surface area contributed by atoms with Crippen LogP contribution in [0.4, 0.5) is 4.79 Å². The van der Waals surface area contributed by atoms with Crippen LogP contribution in [0.1, 0.15) is 45.7 Å². The normalized spacial score (nSPS) is 16.8. The van der Waals surface area contributed by atoms with Gasteiger partial charge >= 0.3 is 6.09 Å². The average Bonchev–Trinajstić information content (AvgIpc) is 2.54. The van der Waals surface area contributed by atoms with Gasteiger partial charge in [-0.1, -0.05) is 11.2 Å². The minimum atomic E-state index is -0.453. The summed E-state index contributed by atoms with van der Waals surface area (Å²) in [6, 6.07) is 5.76. The van der Waals surface area contributed by atoms with Gasteiger partial charge in [-0.3, -0.25) is 4.98 Å². The summed E-state index contributed by atoms with van der Waals surface area (Å²) in [6.07, 6.45) is 4.18. The van der Waals surface area contributed by atoms with E-state index in [-0.39, 0.29) is 6.09 Å². The lowest BCUT2D eigenvalue weighted by molar-refractivity contribution is 0.0186. The molecule has 6 nitrogen and oxygen atoms in total. The van der Waals surface area contributed by atoms with E-state index in [1.54, 1.807) is 18.2 Å². The lowest BCUT2D eigenvalue weighted by Crippen LogP contribution is -2.42. The van der Waals surface area contributed by atoms with E-state index in [4.69, 9.17) is 9.57 Å². The topological polar surface area (TPSA) is 64.0 Å². The Hall–Kier alpha value is -2.11. The Morgan fingerprint density at radius 1 is 1.33 bits per heavy atom. The van der Waals surface area contributed by atoms with Gasteiger partial charge in [0.05, 0.1) is 5.69 Å². The molecule has 1 fully saturated rings. The van der Waals surface area contributed by atoms with Crippen LogP contribution in [0.15, 0.2) is 29.6 Å². The maximum Gasteiger partial charge on any atom is 0.410 e. The summed E-state index contributed by atoms with van der Waals surface area (Å²) in [5, 5.41) is 4.14. The summed E-state index contributed by atoms with van der Waals surface area (Å²) in [6.45, 7) is 7.08. The van der Waals surface area contributed by atoms with Gasteiger partial charge in [0, 0.05) is 19.3 Å². The second-order valence-electron chi connectivity index (χ2n) is 7.05. The Kier molecular flexibility index (Phi) is 6.17. The molecule has 0 saturated carbocycles. The van der Waals surface area contributed by atoms with Crippen molar-refractivity contribution >= 4 is 11.8 Å². The summed E-state index contributed by atoms with van der Waals surface area (Å²) in [5.74, 6) is 0.458. The minimum absolute atomic E-state index is 0.226. The van der Waals surface area contributed by atoms with Gasteiger partial charge in [-0.05, 0) is 58.1 Å². The number of hydrogen-bond acceptors (Lipinski definition) is 5. The fraction of sp³-hybridized carbons (Fsp3) is 0.611. The summed E-state index contributed by atoms with van der Waals surface area (Å²) >= 11 is 0. The number of pyridine rings is 1. The number of hydrogen-bond donors (Lipinski definition) is 0. The highest BCUT2D eigenvalue weighted by molar-refractivity contribution is 5.98. The third-order valence-corrected chi connectivity index (χ3v) is 3.91. The number of aromatic nitrogens is 1. The zero-order valence-electron chi connectivity index (χ0n) is 15.0. The second kappa shape index (κ2) is 8.13. The Balaban J connectivity index is 1.90. The van der Waals surface area contributed by atoms with Crippen molar-refractivity contribution in [2.24, 2.45) is 11.1 Å². The molecule has 0 aliphatic carbocycles. The molecule has 0 aromatic carbocycles. The number of rotatable bonds is 4. The predicted octanol–water partition coefficient (Wildman–Crippen LogP) is 3.47. The quantitative estimate of drug-likeness (QED) is 0.625. The van der Waals surface area contributed by atoms with E-state index < -0.39 is 5.60 Å². The predicted molar refractivity (Wildman–Crippen MR) is 92.9 cm³/mol. The van der Waals surface area contributed by atoms with Crippen molar-refractivity contribution in [2.75, 3.05) is 20.2 Å². The Morgan fingerprint density at radius 3 is 2.58 bits per heavy atom. The number of carbonyl (C=O) groups is 1. The van der Waals surface area contributed by atoms with Gasteiger partial charge in [-0.15, -0.1) is 0 Å². The highest BCUT2D eigenvalue weighted by Gasteiger charge is 2.27. The molecule has 0 unspecified atom stereocenters. The third kappa shape index (κ3) is 5.51. The SMILES string of the molecule is CON=C(CC1CCN(C(=O)OC(C)(C)C)CC1)c1ccccn1. The fourth-order valence-corrected chi connectivity index (χ4v) is 2.75. The molecule has 132 valence electrons. The van der Waals surface area contributed by atoms with Crippen molar-refractivity contribution in [1.29, 1.82) is 0 Å². The minimum Gasteiger partial charge on any atom is -0.444 e. The standard InChI is InChI=1S/C18H27N3O3/c1-18(2,3)24-17(22)21-11-8-14(9-12-21)13-16(20-23-4)15-7-5-6-10-19-15/h5-7,10,14H,8-9,11-13H2,1-4H3. The molecule has 1 amide bonds. The van der Waals surface area contributed by atoms with E-state index in [1.807, 2.05) is 39.0 Å². The van der Waals surface area contributed by atoms with Crippen molar-refractivity contribution in [1.82, 2.24) is 9.88 Å². The number of carbonyl (C=O) groups excluding carboxylic acids is 1. The summed E-state index contributed by atoms with van der Waals surface area (Å²) in [7, 11) is 1.55.